The van der Waals surface area contributed by atoms with Crippen molar-refractivity contribution in [1.82, 2.24) is 0 Å². The minimum atomic E-state index is -0.193. The topological polar surface area (TPSA) is 73.8 Å². The smallest absolute Gasteiger partial charge is 0.196 e. The van der Waals surface area contributed by atoms with Crippen molar-refractivity contribution >= 4 is 0 Å². The molecule has 8 fully saturated rings. The van der Waals surface area contributed by atoms with E-state index in [0.717, 1.165) is 84.6 Å². The second-order valence-corrected chi connectivity index (χ2v) is 27.1. The highest BCUT2D eigenvalue weighted by molar-refractivity contribution is 5.38. The van der Waals surface area contributed by atoms with Crippen LogP contribution in [0.15, 0.2) is 91.0 Å². The Morgan fingerprint density at radius 2 is 0.829 bits per heavy atom. The Hall–Kier alpha value is -4.08. The highest BCUT2D eigenvalue weighted by Crippen LogP contribution is 2.60. The van der Waals surface area contributed by atoms with Crippen molar-refractivity contribution in [2.45, 2.75) is 242 Å². The van der Waals surface area contributed by atoms with Gasteiger partial charge < -0.3 is 37.9 Å². The lowest BCUT2D eigenvalue weighted by Gasteiger charge is -2.56. The Morgan fingerprint density at radius 1 is 0.439 bits per heavy atom. The molecular formula is C74H112O8. The molecule has 0 spiro atoms. The van der Waals surface area contributed by atoms with Gasteiger partial charge in [0.1, 0.15) is 23.0 Å². The van der Waals surface area contributed by atoms with Gasteiger partial charge in [-0.05, 0) is 271 Å². The predicted octanol–water partition coefficient (Wildman–Crippen LogP) is 20.2. The predicted molar refractivity (Wildman–Crippen MR) is 337 cm³/mol. The van der Waals surface area contributed by atoms with Crippen LogP contribution in [0.2, 0.25) is 0 Å². The number of ether oxygens (including phenoxy) is 8. The van der Waals surface area contributed by atoms with Gasteiger partial charge in [-0.15, -0.1) is 0 Å². The molecule has 8 heteroatoms. The maximum absolute atomic E-state index is 6.32. The molecule has 0 radical (unpaired) electrons. The van der Waals surface area contributed by atoms with E-state index in [4.69, 9.17) is 37.9 Å². The van der Waals surface area contributed by atoms with Crippen molar-refractivity contribution in [2.75, 3.05) is 33.4 Å². The zero-order valence-electron chi connectivity index (χ0n) is 53.8. The number of aryl methyl sites for hydroxylation is 1. The second-order valence-electron chi connectivity index (χ2n) is 27.1. The van der Waals surface area contributed by atoms with E-state index in [2.05, 4.69) is 149 Å². The summed E-state index contributed by atoms with van der Waals surface area (Å²) in [7, 11) is 0. The van der Waals surface area contributed by atoms with Crippen LogP contribution in [0.25, 0.3) is 0 Å². The molecule has 8 saturated carbocycles. The zero-order valence-corrected chi connectivity index (χ0v) is 53.8. The summed E-state index contributed by atoms with van der Waals surface area (Å²) in [6, 6.07) is 31.8. The molecule has 4 aromatic rings. The lowest BCUT2D eigenvalue weighted by Crippen LogP contribution is -2.52. The van der Waals surface area contributed by atoms with E-state index in [1.54, 1.807) is 0 Å². The summed E-state index contributed by atoms with van der Waals surface area (Å²) in [6.45, 7) is 33.2. The van der Waals surface area contributed by atoms with Crippen LogP contribution in [-0.4, -0.2) is 51.6 Å². The third-order valence-corrected chi connectivity index (χ3v) is 19.7. The molecule has 8 aliphatic rings. The molecule has 8 aliphatic carbocycles. The molecule has 456 valence electrons. The largest absolute Gasteiger partial charge is 0.468 e. The van der Waals surface area contributed by atoms with Crippen molar-refractivity contribution in [3.05, 3.63) is 119 Å². The van der Waals surface area contributed by atoms with Crippen molar-refractivity contribution < 1.29 is 37.9 Å². The van der Waals surface area contributed by atoms with E-state index >= 15 is 0 Å². The standard InChI is InChI=1S/C22H32O2.C21H30O2.C16H26O2.C15H24O2/c1-3-16(2)20-4-6-21(7-5-20)24-15-23-14-22-11-17-8-18(12-22)10-19(9-17)13-22;1-3-15(2)19-4-6-20(7-5-19)22-14-23-21-11-16-8-17(12-21)10-18(9-16)13-21;1-6-13(4)15-7-9-16(10-8-15)18-14(5)17-11-12(2)3;1-6-11(3)14-8-9-15(12(4)10-14)17-13(5)16-7-2/h4-7,16-19H,3,8-15H2,1-2H3;4-7,15-18H,3,8-14H2,1-2H3;7-10,12-14H,6,11H2,1-5H3;8-11,13H,6-7H2,1-5H3. The maximum Gasteiger partial charge on any atom is 0.196 e. The summed E-state index contributed by atoms with van der Waals surface area (Å²) in [5.74, 6) is 12.4. The molecule has 0 N–H and O–H groups in total. The van der Waals surface area contributed by atoms with Crippen LogP contribution in [0.5, 0.6) is 23.0 Å². The van der Waals surface area contributed by atoms with Gasteiger partial charge in [0.15, 0.2) is 26.2 Å². The average Bonchev–Trinajstić information content (AvgIpc) is 2.04. The number of hydrogen-bond donors (Lipinski definition) is 0. The highest BCUT2D eigenvalue weighted by atomic mass is 16.7. The first-order valence-corrected chi connectivity index (χ1v) is 32.9. The Kier molecular flexibility index (Phi) is 25.5. The van der Waals surface area contributed by atoms with Crippen molar-refractivity contribution in [2.24, 2.45) is 46.8 Å². The number of benzene rings is 4. The summed E-state index contributed by atoms with van der Waals surface area (Å²) >= 11 is 0. The maximum atomic E-state index is 6.32. The summed E-state index contributed by atoms with van der Waals surface area (Å²) < 4.78 is 46.4. The van der Waals surface area contributed by atoms with E-state index < -0.39 is 0 Å². The molecule has 0 saturated heterocycles. The van der Waals surface area contributed by atoms with Gasteiger partial charge in [-0.2, -0.15) is 0 Å². The SMILES string of the molecule is CCC(C)c1ccc(OC(C)OCC(C)C)cc1.CCC(C)c1ccc(OCOC23CC4CC(CC(C4)C2)C3)cc1.CCC(C)c1ccc(OCOCC23CC4CC(CC(C4)C2)C3)cc1.CCOC(C)Oc1ccc(C(C)CC)cc1C. The van der Waals surface area contributed by atoms with E-state index in [1.807, 2.05) is 39.0 Å². The van der Waals surface area contributed by atoms with Crippen LogP contribution in [-0.2, 0) is 18.9 Å². The van der Waals surface area contributed by atoms with Gasteiger partial charge in [0, 0.05) is 6.61 Å². The Labute approximate surface area is 499 Å². The number of rotatable bonds is 26. The summed E-state index contributed by atoms with van der Waals surface area (Å²) in [6.07, 6.45) is 21.2. The third-order valence-electron chi connectivity index (χ3n) is 19.7. The first kappa shape index (κ1) is 65.5. The van der Waals surface area contributed by atoms with Gasteiger partial charge in [0.05, 0.1) is 18.8 Å². The molecule has 12 rings (SSSR count). The van der Waals surface area contributed by atoms with E-state index in [-0.39, 0.29) is 18.2 Å². The number of hydrogen-bond acceptors (Lipinski definition) is 8. The van der Waals surface area contributed by atoms with Gasteiger partial charge in [0.2, 0.25) is 0 Å². The monoisotopic (exact) mass is 1130 g/mol. The Morgan fingerprint density at radius 3 is 1.24 bits per heavy atom. The fourth-order valence-electron chi connectivity index (χ4n) is 15.0. The van der Waals surface area contributed by atoms with Gasteiger partial charge in [0.25, 0.3) is 0 Å². The highest BCUT2D eigenvalue weighted by Gasteiger charge is 2.52. The average molecular weight is 1130 g/mol. The fourth-order valence-corrected chi connectivity index (χ4v) is 15.0. The minimum absolute atomic E-state index is 0.144. The third kappa shape index (κ3) is 19.5. The Balaban J connectivity index is 0.000000159. The minimum Gasteiger partial charge on any atom is -0.468 e. The molecule has 6 unspecified atom stereocenters. The lowest BCUT2D eigenvalue weighted by atomic mass is 9.50. The first-order valence-electron chi connectivity index (χ1n) is 32.9. The van der Waals surface area contributed by atoms with E-state index in [1.165, 1.54) is 118 Å². The first-order chi connectivity index (χ1) is 39.4. The normalized spacial score (nSPS) is 26.6. The van der Waals surface area contributed by atoms with Crippen molar-refractivity contribution in [1.29, 1.82) is 0 Å². The van der Waals surface area contributed by atoms with Gasteiger partial charge in [-0.1, -0.05) is 118 Å². The quantitative estimate of drug-likeness (QED) is 0.0455. The van der Waals surface area contributed by atoms with Crippen molar-refractivity contribution in [3.8, 4) is 23.0 Å². The second kappa shape index (κ2) is 31.9. The Bertz CT molecular complexity index is 2360. The molecule has 0 amide bonds. The van der Waals surface area contributed by atoms with Gasteiger partial charge in [-0.3, -0.25) is 0 Å². The molecule has 0 aromatic heterocycles. The molecule has 4 aromatic carbocycles. The lowest BCUT2D eigenvalue weighted by molar-refractivity contribution is -0.190. The van der Waals surface area contributed by atoms with Crippen LogP contribution < -0.4 is 18.9 Å². The summed E-state index contributed by atoms with van der Waals surface area (Å²) in [4.78, 5) is 0. The van der Waals surface area contributed by atoms with Crippen LogP contribution in [0.3, 0.4) is 0 Å². The van der Waals surface area contributed by atoms with Crippen LogP contribution >= 0.6 is 0 Å². The summed E-state index contributed by atoms with van der Waals surface area (Å²) in [5.41, 5.74) is 7.32. The molecule has 8 bridgehead atoms. The van der Waals surface area contributed by atoms with E-state index in [0.29, 0.717) is 55.2 Å². The zero-order chi connectivity index (χ0) is 58.8. The van der Waals surface area contributed by atoms with Crippen LogP contribution in [0.4, 0.5) is 0 Å². The molecule has 0 aliphatic heterocycles. The molecule has 82 heavy (non-hydrogen) atoms. The van der Waals surface area contributed by atoms with Crippen LogP contribution in [0.1, 0.15) is 244 Å². The molecule has 0 heterocycles. The molecule has 6 atom stereocenters. The molecular weight excluding hydrogens is 1020 g/mol. The van der Waals surface area contributed by atoms with Crippen LogP contribution in [0, 0.1) is 53.8 Å². The van der Waals surface area contributed by atoms with Crippen molar-refractivity contribution in [3.63, 3.8) is 0 Å². The van der Waals surface area contributed by atoms with Gasteiger partial charge in [-0.25, -0.2) is 0 Å². The fraction of sp³-hybridized carbons (Fsp3) is 0.676. The summed E-state index contributed by atoms with van der Waals surface area (Å²) in [5, 5.41) is 0. The van der Waals surface area contributed by atoms with Gasteiger partial charge >= 0.3 is 0 Å². The van der Waals surface area contributed by atoms with E-state index in [9.17, 15) is 0 Å². The molecule has 8 nitrogen and oxygen atoms in total.